The summed E-state index contributed by atoms with van der Waals surface area (Å²) in [5, 5.41) is 2.89. The molecule has 3 N–H and O–H groups in total. The molecule has 0 bridgehead atoms. The lowest BCUT2D eigenvalue weighted by molar-refractivity contribution is 0.398. The second-order valence-electron chi connectivity index (χ2n) is 3.85. The van der Waals surface area contributed by atoms with Gasteiger partial charge >= 0.3 is 0 Å². The molecule has 0 fully saturated rings. The number of para-hydroxylation sites is 1. The minimum atomic E-state index is -0.348. The second kappa shape index (κ2) is 4.91. The van der Waals surface area contributed by atoms with Crippen LogP contribution in [0, 0.1) is 12.7 Å². The minimum Gasteiger partial charge on any atom is -0.481 e. The van der Waals surface area contributed by atoms with Gasteiger partial charge < -0.3 is 15.8 Å². The average Bonchev–Trinajstić information content (AvgIpc) is 2.36. The minimum absolute atomic E-state index is 0.348. The number of nitrogens with one attached hydrogen (secondary N) is 1. The lowest BCUT2D eigenvalue weighted by atomic mass is 10.2. The molecule has 0 saturated carbocycles. The highest BCUT2D eigenvalue weighted by atomic mass is 19.1. The maximum atomic E-state index is 13.7. The van der Waals surface area contributed by atoms with E-state index in [4.69, 9.17) is 10.5 Å². The summed E-state index contributed by atoms with van der Waals surface area (Å²) in [5.74, 6) is 0.447. The average molecular weight is 247 g/mol. The lowest BCUT2D eigenvalue weighted by Gasteiger charge is -2.12. The maximum absolute atomic E-state index is 13.7. The molecule has 2 aromatic rings. The number of anilines is 3. The predicted molar refractivity (Wildman–Crippen MR) is 69.6 cm³/mol. The number of benzene rings is 1. The van der Waals surface area contributed by atoms with Crippen LogP contribution in [0.2, 0.25) is 0 Å². The molecule has 1 aromatic carbocycles. The molecule has 0 amide bonds. The highest BCUT2D eigenvalue weighted by Gasteiger charge is 2.09. The molecule has 0 aliphatic rings. The van der Waals surface area contributed by atoms with Gasteiger partial charge in [0.1, 0.15) is 5.82 Å². The van der Waals surface area contributed by atoms with E-state index in [1.54, 1.807) is 18.2 Å². The fourth-order valence-electron chi connectivity index (χ4n) is 1.57. The number of halogens is 1. The van der Waals surface area contributed by atoms with Crippen LogP contribution in [0.3, 0.4) is 0 Å². The molecule has 18 heavy (non-hydrogen) atoms. The number of ether oxygens (including phenoxy) is 1. The van der Waals surface area contributed by atoms with Gasteiger partial charge in [-0.1, -0.05) is 12.1 Å². The summed E-state index contributed by atoms with van der Waals surface area (Å²) in [6.45, 7) is 1.81. The highest BCUT2D eigenvalue weighted by Crippen LogP contribution is 2.27. The van der Waals surface area contributed by atoms with E-state index in [2.05, 4.69) is 10.3 Å². The van der Waals surface area contributed by atoms with Gasteiger partial charge in [-0.2, -0.15) is 4.98 Å². The standard InChI is InChI=1S/C13H14FN3O/c1-8-4-3-5-9(14)12(8)17-13-10(15)6-7-11(16-13)18-2/h3-7H,15H2,1-2H3,(H,16,17). The van der Waals surface area contributed by atoms with E-state index < -0.39 is 0 Å². The number of methoxy groups -OCH3 is 1. The van der Waals surface area contributed by atoms with Crippen LogP contribution in [0.4, 0.5) is 21.6 Å². The number of rotatable bonds is 3. The molecular weight excluding hydrogens is 233 g/mol. The third-order valence-corrected chi connectivity index (χ3v) is 2.58. The molecule has 0 saturated heterocycles. The van der Waals surface area contributed by atoms with Gasteiger partial charge in [-0.3, -0.25) is 0 Å². The smallest absolute Gasteiger partial charge is 0.215 e. The van der Waals surface area contributed by atoms with Crippen molar-refractivity contribution >= 4 is 17.2 Å². The van der Waals surface area contributed by atoms with Gasteiger partial charge in [0.15, 0.2) is 5.82 Å². The van der Waals surface area contributed by atoms with Crippen molar-refractivity contribution in [2.75, 3.05) is 18.2 Å². The largest absolute Gasteiger partial charge is 0.481 e. The van der Waals surface area contributed by atoms with Crippen LogP contribution in [0.15, 0.2) is 30.3 Å². The van der Waals surface area contributed by atoms with Gasteiger partial charge in [-0.25, -0.2) is 4.39 Å². The number of nitrogens with two attached hydrogens (primary N) is 1. The van der Waals surface area contributed by atoms with E-state index in [0.717, 1.165) is 5.56 Å². The van der Waals surface area contributed by atoms with Gasteiger partial charge in [0, 0.05) is 6.07 Å². The zero-order valence-electron chi connectivity index (χ0n) is 10.2. The summed E-state index contributed by atoms with van der Waals surface area (Å²) in [6, 6.07) is 8.14. The van der Waals surface area contributed by atoms with Crippen LogP contribution in [0.5, 0.6) is 5.88 Å². The molecule has 4 nitrogen and oxygen atoms in total. The Bertz CT molecular complexity index is 552. The quantitative estimate of drug-likeness (QED) is 0.875. The second-order valence-corrected chi connectivity index (χ2v) is 3.85. The van der Waals surface area contributed by atoms with Crippen molar-refractivity contribution in [2.24, 2.45) is 0 Å². The molecule has 1 aromatic heterocycles. The Hall–Kier alpha value is -2.30. The number of nitrogens with zero attached hydrogens (tertiary/aromatic N) is 1. The summed E-state index contributed by atoms with van der Waals surface area (Å²) in [4.78, 5) is 4.14. The van der Waals surface area contributed by atoms with E-state index in [0.29, 0.717) is 23.1 Å². The van der Waals surface area contributed by atoms with Crippen molar-refractivity contribution in [3.63, 3.8) is 0 Å². The molecule has 0 unspecified atom stereocenters. The molecule has 5 heteroatoms. The summed E-state index contributed by atoms with van der Waals surface area (Å²) in [6.07, 6.45) is 0. The zero-order chi connectivity index (χ0) is 13.1. The summed E-state index contributed by atoms with van der Waals surface area (Å²) < 4.78 is 18.7. The molecule has 1 heterocycles. The predicted octanol–water partition coefficient (Wildman–Crippen LogP) is 2.86. The first-order valence-corrected chi connectivity index (χ1v) is 5.44. The molecule has 0 radical (unpaired) electrons. The van der Waals surface area contributed by atoms with E-state index >= 15 is 0 Å². The SMILES string of the molecule is COc1ccc(N)c(Nc2c(C)cccc2F)n1. The zero-order valence-corrected chi connectivity index (χ0v) is 10.2. The number of hydrogen-bond donors (Lipinski definition) is 2. The highest BCUT2D eigenvalue weighted by molar-refractivity contribution is 5.71. The Morgan fingerprint density at radius 1 is 1.28 bits per heavy atom. The molecular formula is C13H14FN3O. The van der Waals surface area contributed by atoms with Gasteiger partial charge in [0.2, 0.25) is 5.88 Å². The van der Waals surface area contributed by atoms with Crippen LogP contribution in [-0.2, 0) is 0 Å². The number of hydrogen-bond acceptors (Lipinski definition) is 4. The Morgan fingerprint density at radius 2 is 2.06 bits per heavy atom. The molecule has 94 valence electrons. The fourth-order valence-corrected chi connectivity index (χ4v) is 1.57. The third kappa shape index (κ3) is 2.34. The van der Waals surface area contributed by atoms with Crippen molar-refractivity contribution < 1.29 is 9.13 Å². The van der Waals surface area contributed by atoms with E-state index in [1.807, 2.05) is 13.0 Å². The van der Waals surface area contributed by atoms with Gasteiger partial charge in [-0.15, -0.1) is 0 Å². The van der Waals surface area contributed by atoms with E-state index in [1.165, 1.54) is 13.2 Å². The van der Waals surface area contributed by atoms with Crippen molar-refractivity contribution in [1.82, 2.24) is 4.98 Å². The summed E-state index contributed by atoms with van der Waals surface area (Å²) >= 11 is 0. The molecule has 2 rings (SSSR count). The lowest BCUT2D eigenvalue weighted by Crippen LogP contribution is -2.03. The first-order valence-electron chi connectivity index (χ1n) is 5.44. The normalized spacial score (nSPS) is 10.2. The molecule has 0 spiro atoms. The summed E-state index contributed by atoms with van der Waals surface area (Å²) in [5.41, 5.74) is 7.36. The maximum Gasteiger partial charge on any atom is 0.215 e. The molecule has 0 atom stereocenters. The van der Waals surface area contributed by atoms with Crippen LogP contribution in [-0.4, -0.2) is 12.1 Å². The Balaban J connectivity index is 2.39. The van der Waals surface area contributed by atoms with Crippen LogP contribution < -0.4 is 15.8 Å². The van der Waals surface area contributed by atoms with Gasteiger partial charge in [-0.05, 0) is 24.6 Å². The summed E-state index contributed by atoms with van der Waals surface area (Å²) in [7, 11) is 1.51. The third-order valence-electron chi connectivity index (χ3n) is 2.58. The van der Waals surface area contributed by atoms with Gasteiger partial charge in [0.05, 0.1) is 18.5 Å². The van der Waals surface area contributed by atoms with Crippen LogP contribution in [0.1, 0.15) is 5.56 Å². The first-order chi connectivity index (χ1) is 8.61. The number of aromatic nitrogens is 1. The van der Waals surface area contributed by atoms with Crippen molar-refractivity contribution in [1.29, 1.82) is 0 Å². The van der Waals surface area contributed by atoms with Crippen LogP contribution >= 0.6 is 0 Å². The van der Waals surface area contributed by atoms with Crippen molar-refractivity contribution in [2.45, 2.75) is 6.92 Å². The van der Waals surface area contributed by atoms with Crippen LogP contribution in [0.25, 0.3) is 0 Å². The Labute approximate surface area is 105 Å². The number of pyridine rings is 1. The molecule has 0 aliphatic heterocycles. The van der Waals surface area contributed by atoms with Crippen molar-refractivity contribution in [3.8, 4) is 5.88 Å². The monoisotopic (exact) mass is 247 g/mol. The van der Waals surface area contributed by atoms with Crippen molar-refractivity contribution in [3.05, 3.63) is 41.7 Å². The Kier molecular flexibility index (Phi) is 3.32. The van der Waals surface area contributed by atoms with E-state index in [9.17, 15) is 4.39 Å². The first kappa shape index (κ1) is 12.2. The fraction of sp³-hybridized carbons (Fsp3) is 0.154. The Morgan fingerprint density at radius 3 is 2.72 bits per heavy atom. The number of nitrogen functional groups attached to an aromatic ring is 1. The van der Waals surface area contributed by atoms with Gasteiger partial charge in [0.25, 0.3) is 0 Å². The number of aryl methyl sites for hydroxylation is 1. The van der Waals surface area contributed by atoms with E-state index in [-0.39, 0.29) is 5.82 Å². The topological polar surface area (TPSA) is 60.2 Å². The molecule has 0 aliphatic carbocycles.